The van der Waals surface area contributed by atoms with Crippen LogP contribution in [-0.4, -0.2) is 16.2 Å². The van der Waals surface area contributed by atoms with E-state index in [4.69, 9.17) is 15.7 Å². The Bertz CT molecular complexity index is 2560. The maximum Gasteiger partial charge on any atom is 0.160 e. The summed E-state index contributed by atoms with van der Waals surface area (Å²) in [7, 11) is 0. The van der Waals surface area contributed by atoms with Gasteiger partial charge in [0.25, 0.3) is 0 Å². The van der Waals surface area contributed by atoms with Crippen molar-refractivity contribution < 1.29 is 0 Å². The summed E-state index contributed by atoms with van der Waals surface area (Å²) in [5.74, 6) is 0.638. The number of aliphatic imine (C=N–C) groups is 1. The first-order valence-electron chi connectivity index (χ1n) is 18.2. The third-order valence-electron chi connectivity index (χ3n) is 9.61. The minimum atomic E-state index is 0.638. The molecular weight excluding hydrogens is 669 g/mol. The molecule has 8 aromatic rings. The predicted molar refractivity (Wildman–Crippen MR) is 231 cm³/mol. The summed E-state index contributed by atoms with van der Waals surface area (Å²) >= 11 is 0. The lowest BCUT2D eigenvalue weighted by Gasteiger charge is -2.19. The number of nitrogens with zero attached hydrogens (tertiary/aromatic N) is 3. The quantitative estimate of drug-likeness (QED) is 0.144. The summed E-state index contributed by atoms with van der Waals surface area (Å²) in [4.78, 5) is 15.2. The van der Waals surface area contributed by atoms with Gasteiger partial charge in [-0.25, -0.2) is 9.97 Å². The molecule has 262 valence electrons. The van der Waals surface area contributed by atoms with Crippen molar-refractivity contribution in [3.63, 3.8) is 0 Å². The van der Waals surface area contributed by atoms with Crippen LogP contribution < -0.4 is 5.73 Å². The Hall–Kier alpha value is -7.43. The van der Waals surface area contributed by atoms with Gasteiger partial charge in [0.1, 0.15) is 0 Å². The highest BCUT2D eigenvalue weighted by Crippen LogP contribution is 2.42. The molecule has 7 aromatic carbocycles. The maximum absolute atomic E-state index is 6.15. The molecule has 0 saturated heterocycles. The van der Waals surface area contributed by atoms with Gasteiger partial charge in [0.15, 0.2) is 5.82 Å². The number of aromatic nitrogens is 2. The van der Waals surface area contributed by atoms with E-state index in [1.54, 1.807) is 12.4 Å². The monoisotopic (exact) mass is 706 g/mol. The van der Waals surface area contributed by atoms with Crippen LogP contribution in [0.1, 0.15) is 5.56 Å². The molecule has 0 saturated carbocycles. The lowest BCUT2D eigenvalue weighted by atomic mass is 9.90. The number of allylic oxidation sites excluding steroid dienone is 1. The van der Waals surface area contributed by atoms with Crippen LogP contribution in [-0.2, 0) is 0 Å². The summed E-state index contributed by atoms with van der Waals surface area (Å²) in [6.07, 6.45) is 4.79. The van der Waals surface area contributed by atoms with Crippen LogP contribution >= 0.6 is 0 Å². The SMILES string of the molecule is C=CN=C/C(=C\N)c1cccc(-c2c(-c3cccc(-c4ccccc4)c3)nc(-c3cccc(-c4ccccc4)c3)nc2-c2cccc(-c3ccccc3)c2)c1. The second-order valence-electron chi connectivity index (χ2n) is 13.1. The van der Waals surface area contributed by atoms with E-state index in [-0.39, 0.29) is 0 Å². The van der Waals surface area contributed by atoms with E-state index in [2.05, 4.69) is 169 Å². The van der Waals surface area contributed by atoms with E-state index < -0.39 is 0 Å². The number of hydrogen-bond donors (Lipinski definition) is 1. The normalized spacial score (nSPS) is 11.5. The molecule has 1 heterocycles. The van der Waals surface area contributed by atoms with Crippen molar-refractivity contribution in [2.45, 2.75) is 0 Å². The largest absolute Gasteiger partial charge is 0.404 e. The third kappa shape index (κ3) is 7.57. The smallest absolute Gasteiger partial charge is 0.160 e. The molecule has 4 nitrogen and oxygen atoms in total. The molecule has 4 heteroatoms. The molecule has 0 aliphatic rings. The molecule has 0 aliphatic heterocycles. The van der Waals surface area contributed by atoms with Gasteiger partial charge in [-0.1, -0.05) is 170 Å². The Morgan fingerprint density at radius 3 is 1.31 bits per heavy atom. The fraction of sp³-hybridized carbons (Fsp3) is 0. The summed E-state index contributed by atoms with van der Waals surface area (Å²) in [6, 6.07) is 65.3. The third-order valence-corrected chi connectivity index (χ3v) is 9.61. The van der Waals surface area contributed by atoms with E-state index in [9.17, 15) is 0 Å². The molecule has 0 radical (unpaired) electrons. The molecule has 55 heavy (non-hydrogen) atoms. The first kappa shape index (κ1) is 34.6. The number of nitrogens with two attached hydrogens (primary N) is 1. The van der Waals surface area contributed by atoms with E-state index in [0.717, 1.165) is 83.7 Å². The Morgan fingerprint density at radius 2 is 0.836 bits per heavy atom. The number of rotatable bonds is 10. The van der Waals surface area contributed by atoms with Crippen molar-refractivity contribution in [3.8, 4) is 78.4 Å². The van der Waals surface area contributed by atoms with E-state index >= 15 is 0 Å². The second kappa shape index (κ2) is 16.1. The minimum absolute atomic E-state index is 0.638. The minimum Gasteiger partial charge on any atom is -0.404 e. The summed E-state index contributed by atoms with van der Waals surface area (Å²) in [5.41, 5.74) is 20.9. The lowest BCUT2D eigenvalue weighted by Crippen LogP contribution is -2.02. The highest BCUT2D eigenvalue weighted by Gasteiger charge is 2.22. The average molecular weight is 707 g/mol. The van der Waals surface area contributed by atoms with Gasteiger partial charge < -0.3 is 5.73 Å². The lowest BCUT2D eigenvalue weighted by molar-refractivity contribution is 1.18. The van der Waals surface area contributed by atoms with Gasteiger partial charge in [0.2, 0.25) is 0 Å². The first-order chi connectivity index (χ1) is 27.2. The molecule has 0 amide bonds. The van der Waals surface area contributed by atoms with Gasteiger partial charge in [-0.3, -0.25) is 4.99 Å². The van der Waals surface area contributed by atoms with Crippen molar-refractivity contribution in [1.82, 2.24) is 9.97 Å². The zero-order valence-electron chi connectivity index (χ0n) is 30.3. The molecule has 2 N–H and O–H groups in total. The Balaban J connectivity index is 1.43. The van der Waals surface area contributed by atoms with Crippen LogP contribution in [0.25, 0.3) is 84.0 Å². The Kier molecular flexibility index (Phi) is 10.1. The molecule has 0 fully saturated rings. The summed E-state index contributed by atoms with van der Waals surface area (Å²) in [6.45, 7) is 3.75. The first-order valence-corrected chi connectivity index (χ1v) is 18.2. The number of hydrogen-bond acceptors (Lipinski definition) is 4. The van der Waals surface area contributed by atoms with Crippen molar-refractivity contribution in [2.75, 3.05) is 0 Å². The molecule has 0 spiro atoms. The van der Waals surface area contributed by atoms with Crippen LogP contribution in [0.3, 0.4) is 0 Å². The van der Waals surface area contributed by atoms with Crippen LogP contribution in [0.5, 0.6) is 0 Å². The van der Waals surface area contributed by atoms with Crippen LogP contribution in [0.15, 0.2) is 212 Å². The molecular formula is C51H38N4. The fourth-order valence-electron chi connectivity index (χ4n) is 6.90. The average Bonchev–Trinajstić information content (AvgIpc) is 3.27. The maximum atomic E-state index is 6.15. The van der Waals surface area contributed by atoms with Gasteiger partial charge in [-0.15, -0.1) is 0 Å². The van der Waals surface area contributed by atoms with Gasteiger partial charge in [-0.05, 0) is 68.8 Å². The highest BCUT2D eigenvalue weighted by atomic mass is 14.9. The van der Waals surface area contributed by atoms with Crippen LogP contribution in [0, 0.1) is 0 Å². The Morgan fingerprint density at radius 1 is 0.436 bits per heavy atom. The standard InChI is InChI=1S/C51H38N4/c1-2-53-35-47(34-52)42-25-12-26-43(30-42)48-49(44-27-13-22-39(31-44)36-16-6-3-7-17-36)54-51(46-29-15-24-41(33-46)38-20-10-5-11-21-38)55-50(48)45-28-14-23-40(32-45)37-18-8-4-9-19-37/h2-35H,1,52H2/b47-34+,53-35?. The second-order valence-corrected chi connectivity index (χ2v) is 13.1. The molecule has 1 aromatic heterocycles. The molecule has 0 unspecified atom stereocenters. The van der Waals surface area contributed by atoms with E-state index in [1.807, 2.05) is 30.3 Å². The van der Waals surface area contributed by atoms with Gasteiger partial charge in [0.05, 0.1) is 11.4 Å². The zero-order valence-corrected chi connectivity index (χ0v) is 30.3. The molecule has 8 rings (SSSR count). The molecule has 0 bridgehead atoms. The van der Waals surface area contributed by atoms with E-state index in [1.165, 1.54) is 6.20 Å². The van der Waals surface area contributed by atoms with Gasteiger partial charge >= 0.3 is 0 Å². The zero-order chi connectivity index (χ0) is 37.4. The van der Waals surface area contributed by atoms with Crippen molar-refractivity contribution in [3.05, 3.63) is 213 Å². The van der Waals surface area contributed by atoms with Gasteiger partial charge in [0, 0.05) is 46.4 Å². The van der Waals surface area contributed by atoms with Crippen LogP contribution in [0.2, 0.25) is 0 Å². The molecule has 0 atom stereocenters. The van der Waals surface area contributed by atoms with Crippen molar-refractivity contribution in [1.29, 1.82) is 0 Å². The Labute approximate surface area is 322 Å². The van der Waals surface area contributed by atoms with Crippen molar-refractivity contribution >= 4 is 11.8 Å². The topological polar surface area (TPSA) is 64.2 Å². The van der Waals surface area contributed by atoms with Crippen molar-refractivity contribution in [2.24, 2.45) is 10.7 Å². The summed E-state index contributed by atoms with van der Waals surface area (Å²) < 4.78 is 0. The fourth-order valence-corrected chi connectivity index (χ4v) is 6.90. The highest BCUT2D eigenvalue weighted by molar-refractivity contribution is 6.10. The predicted octanol–water partition coefficient (Wildman–Crippen LogP) is 12.7. The van der Waals surface area contributed by atoms with Crippen LogP contribution in [0.4, 0.5) is 0 Å². The summed E-state index contributed by atoms with van der Waals surface area (Å²) in [5, 5.41) is 0. The number of benzene rings is 7. The van der Waals surface area contributed by atoms with Gasteiger partial charge in [-0.2, -0.15) is 0 Å². The molecule has 0 aliphatic carbocycles. The van der Waals surface area contributed by atoms with E-state index in [0.29, 0.717) is 5.82 Å².